The number of amides is 1. The van der Waals surface area contributed by atoms with Crippen molar-refractivity contribution in [3.63, 3.8) is 0 Å². The first kappa shape index (κ1) is 22.2. The lowest BCUT2D eigenvalue weighted by molar-refractivity contribution is -0.119. The number of morpholine rings is 1. The summed E-state index contributed by atoms with van der Waals surface area (Å²) in [6.07, 6.45) is 0.473. The highest BCUT2D eigenvalue weighted by Crippen LogP contribution is 2.32. The second-order valence-corrected chi connectivity index (χ2v) is 8.54. The van der Waals surface area contributed by atoms with E-state index in [0.717, 1.165) is 30.4 Å². The molecule has 1 fully saturated rings. The van der Waals surface area contributed by atoms with E-state index in [1.165, 1.54) is 0 Å². The van der Waals surface area contributed by atoms with Gasteiger partial charge in [-0.1, -0.05) is 37.3 Å². The van der Waals surface area contributed by atoms with Crippen LogP contribution in [0.4, 0.5) is 11.6 Å². The summed E-state index contributed by atoms with van der Waals surface area (Å²) >= 11 is 0. The topological polar surface area (TPSA) is 90.7 Å². The van der Waals surface area contributed by atoms with Gasteiger partial charge in [-0.05, 0) is 17.7 Å². The minimum absolute atomic E-state index is 0.0844. The maximum Gasteiger partial charge on any atom is 0.227 e. The van der Waals surface area contributed by atoms with Crippen molar-refractivity contribution < 1.29 is 19.0 Å². The highest BCUT2D eigenvalue weighted by Gasteiger charge is 2.24. The number of nitrogens with zero attached hydrogens (tertiary/aromatic N) is 4. The van der Waals surface area contributed by atoms with Crippen LogP contribution in [0.15, 0.2) is 48.5 Å². The van der Waals surface area contributed by atoms with Gasteiger partial charge in [0.2, 0.25) is 11.9 Å². The van der Waals surface area contributed by atoms with E-state index in [2.05, 4.69) is 37.1 Å². The number of nitrogens with one attached hydrogen (secondary N) is 1. The first-order valence-electron chi connectivity index (χ1n) is 11.7. The third-order valence-electron chi connectivity index (χ3n) is 6.03. The molecule has 1 amide bonds. The van der Waals surface area contributed by atoms with Gasteiger partial charge in [-0.3, -0.25) is 9.36 Å². The molecule has 0 bridgehead atoms. The van der Waals surface area contributed by atoms with Gasteiger partial charge in [-0.15, -0.1) is 10.2 Å². The molecule has 1 atom stereocenters. The summed E-state index contributed by atoms with van der Waals surface area (Å²) < 4.78 is 18.8. The molecule has 0 spiro atoms. The number of aromatic nitrogens is 3. The fraction of sp³-hybridized carbons (Fsp3) is 0.400. The Morgan fingerprint density at radius 3 is 2.56 bits per heavy atom. The number of hydrogen-bond donors (Lipinski definition) is 1. The average molecular weight is 464 g/mol. The first-order chi connectivity index (χ1) is 16.7. The minimum atomic E-state index is -0.301. The van der Waals surface area contributed by atoms with Gasteiger partial charge in [0.05, 0.1) is 19.8 Å². The van der Waals surface area contributed by atoms with E-state index in [1.807, 2.05) is 37.3 Å². The van der Waals surface area contributed by atoms with Crippen molar-refractivity contribution in [1.82, 2.24) is 14.8 Å². The maximum absolute atomic E-state index is 13.0. The highest BCUT2D eigenvalue weighted by molar-refractivity contribution is 5.92. The van der Waals surface area contributed by atoms with E-state index in [1.54, 1.807) is 6.07 Å². The second-order valence-electron chi connectivity index (χ2n) is 8.54. The Morgan fingerprint density at radius 2 is 1.76 bits per heavy atom. The van der Waals surface area contributed by atoms with Crippen molar-refractivity contribution in [3.8, 4) is 11.5 Å². The molecule has 0 radical (unpaired) electrons. The first-order valence-corrected chi connectivity index (χ1v) is 11.7. The number of rotatable bonds is 7. The average Bonchev–Trinajstić information content (AvgIpc) is 3.26. The number of fused-ring (bicyclic) bond motifs is 1. The lowest BCUT2D eigenvalue weighted by Gasteiger charge is -2.28. The van der Waals surface area contributed by atoms with Crippen LogP contribution in [0.1, 0.15) is 18.3 Å². The van der Waals surface area contributed by atoms with Gasteiger partial charge < -0.3 is 24.4 Å². The van der Waals surface area contributed by atoms with Crippen LogP contribution in [0, 0.1) is 5.92 Å². The number of benzene rings is 2. The monoisotopic (exact) mass is 463 g/mol. The van der Waals surface area contributed by atoms with Crippen molar-refractivity contribution in [3.05, 3.63) is 59.9 Å². The Bertz CT molecular complexity index is 1130. The highest BCUT2D eigenvalue weighted by atomic mass is 16.6. The van der Waals surface area contributed by atoms with E-state index >= 15 is 0 Å². The van der Waals surface area contributed by atoms with Crippen LogP contribution in [-0.2, 0) is 22.5 Å². The van der Waals surface area contributed by atoms with Crippen LogP contribution in [0.25, 0.3) is 0 Å². The molecule has 1 unspecified atom stereocenters. The Labute approximate surface area is 198 Å². The SMILES string of the molecule is CC(Cc1nnc(N2CCOCC2)n1Cc1ccccc1)C(=O)Nc1ccc2c(c1)OCCO2. The third-order valence-corrected chi connectivity index (χ3v) is 6.03. The largest absolute Gasteiger partial charge is 0.486 e. The predicted octanol–water partition coefficient (Wildman–Crippen LogP) is 2.75. The normalized spacial score (nSPS) is 16.2. The Hall–Kier alpha value is -3.59. The van der Waals surface area contributed by atoms with Gasteiger partial charge >= 0.3 is 0 Å². The van der Waals surface area contributed by atoms with Crippen LogP contribution in [0.5, 0.6) is 11.5 Å². The molecule has 9 heteroatoms. The zero-order valence-electron chi connectivity index (χ0n) is 19.3. The Morgan fingerprint density at radius 1 is 1.00 bits per heavy atom. The summed E-state index contributed by atoms with van der Waals surface area (Å²) in [7, 11) is 0. The van der Waals surface area contributed by atoms with Gasteiger partial charge in [0.15, 0.2) is 11.5 Å². The fourth-order valence-electron chi connectivity index (χ4n) is 4.16. The molecular weight excluding hydrogens is 434 g/mol. The fourth-order valence-corrected chi connectivity index (χ4v) is 4.16. The molecule has 2 aromatic carbocycles. The maximum atomic E-state index is 13.0. The molecule has 3 heterocycles. The van der Waals surface area contributed by atoms with Gasteiger partial charge in [0.25, 0.3) is 0 Å². The van der Waals surface area contributed by atoms with E-state index < -0.39 is 0 Å². The molecule has 34 heavy (non-hydrogen) atoms. The standard InChI is InChI=1S/C25H29N5O4/c1-18(24(31)26-20-7-8-21-22(16-20)34-14-13-33-21)15-23-27-28-25(29-9-11-32-12-10-29)30(23)17-19-5-3-2-4-6-19/h2-8,16,18H,9-15,17H2,1H3,(H,26,31). The smallest absolute Gasteiger partial charge is 0.227 e. The van der Waals surface area contributed by atoms with E-state index in [9.17, 15) is 4.79 Å². The molecule has 1 N–H and O–H groups in total. The lowest BCUT2D eigenvalue weighted by Crippen LogP contribution is -2.38. The predicted molar refractivity (Wildman–Crippen MR) is 128 cm³/mol. The third kappa shape index (κ3) is 4.99. The van der Waals surface area contributed by atoms with Gasteiger partial charge in [0.1, 0.15) is 19.0 Å². The number of anilines is 2. The summed E-state index contributed by atoms with van der Waals surface area (Å²) in [5, 5.41) is 12.0. The van der Waals surface area contributed by atoms with E-state index in [4.69, 9.17) is 14.2 Å². The van der Waals surface area contributed by atoms with Crippen molar-refractivity contribution in [1.29, 1.82) is 0 Å². The van der Waals surface area contributed by atoms with Crippen LogP contribution in [0.2, 0.25) is 0 Å². The number of ether oxygens (including phenoxy) is 3. The van der Waals surface area contributed by atoms with Crippen LogP contribution in [0.3, 0.4) is 0 Å². The summed E-state index contributed by atoms with van der Waals surface area (Å²) in [6.45, 7) is 6.47. The van der Waals surface area contributed by atoms with E-state index in [-0.39, 0.29) is 11.8 Å². The summed E-state index contributed by atoms with van der Waals surface area (Å²) in [5.74, 6) is 2.57. The van der Waals surface area contributed by atoms with Crippen LogP contribution in [-0.4, -0.2) is 60.2 Å². The van der Waals surface area contributed by atoms with Gasteiger partial charge in [-0.25, -0.2) is 0 Å². The molecule has 0 aliphatic carbocycles. The van der Waals surface area contributed by atoms with Gasteiger partial charge in [-0.2, -0.15) is 0 Å². The van der Waals surface area contributed by atoms with Crippen molar-refractivity contribution in [2.75, 3.05) is 49.7 Å². The zero-order valence-corrected chi connectivity index (χ0v) is 19.3. The summed E-state index contributed by atoms with van der Waals surface area (Å²) in [6, 6.07) is 15.7. The second kappa shape index (κ2) is 10.1. The molecule has 1 saturated heterocycles. The molecule has 0 saturated carbocycles. The summed E-state index contributed by atoms with van der Waals surface area (Å²) in [4.78, 5) is 15.2. The zero-order chi connectivity index (χ0) is 23.3. The molecule has 5 rings (SSSR count). The van der Waals surface area contributed by atoms with Crippen LogP contribution >= 0.6 is 0 Å². The minimum Gasteiger partial charge on any atom is -0.486 e. The quantitative estimate of drug-likeness (QED) is 0.576. The van der Waals surface area contributed by atoms with Gasteiger partial charge in [0, 0.05) is 37.2 Å². The van der Waals surface area contributed by atoms with Crippen LogP contribution < -0.4 is 19.7 Å². The Kier molecular flexibility index (Phi) is 6.62. The number of carbonyl (C=O) groups is 1. The summed E-state index contributed by atoms with van der Waals surface area (Å²) in [5.41, 5.74) is 1.84. The molecule has 9 nitrogen and oxygen atoms in total. The van der Waals surface area contributed by atoms with E-state index in [0.29, 0.717) is 56.6 Å². The number of hydrogen-bond acceptors (Lipinski definition) is 7. The molecule has 2 aliphatic heterocycles. The molecular formula is C25H29N5O4. The lowest BCUT2D eigenvalue weighted by atomic mass is 10.1. The van der Waals surface area contributed by atoms with Crippen molar-refractivity contribution in [2.24, 2.45) is 5.92 Å². The molecule has 3 aromatic rings. The number of carbonyl (C=O) groups excluding carboxylic acids is 1. The molecule has 1 aromatic heterocycles. The Balaban J connectivity index is 1.32. The van der Waals surface area contributed by atoms with Crippen molar-refractivity contribution in [2.45, 2.75) is 19.9 Å². The molecule has 178 valence electrons. The molecule has 2 aliphatic rings. The van der Waals surface area contributed by atoms with Crippen molar-refractivity contribution >= 4 is 17.5 Å².